The molecule has 1 N–H and O–H groups in total. The minimum absolute atomic E-state index is 0.768. The molecule has 0 fully saturated rings. The number of ether oxygens (including phenoxy) is 2. The van der Waals surface area contributed by atoms with Crippen molar-refractivity contribution in [1.29, 1.82) is 0 Å². The van der Waals surface area contributed by atoms with Crippen molar-refractivity contribution in [2.75, 3.05) is 37.5 Å². The molecule has 116 valence electrons. The number of hydrogen-bond donors (Lipinski definition) is 1. The van der Waals surface area contributed by atoms with Crippen LogP contribution in [0.2, 0.25) is 0 Å². The zero-order valence-corrected chi connectivity index (χ0v) is 13.1. The molecule has 0 amide bonds. The predicted molar refractivity (Wildman–Crippen MR) is 90.1 cm³/mol. The molecule has 1 aliphatic heterocycles. The van der Waals surface area contributed by atoms with E-state index in [2.05, 4.69) is 46.6 Å². The summed E-state index contributed by atoms with van der Waals surface area (Å²) >= 11 is 0. The Morgan fingerprint density at radius 1 is 1.05 bits per heavy atom. The van der Waals surface area contributed by atoms with Crippen molar-refractivity contribution in [3.63, 3.8) is 0 Å². The first-order valence-corrected chi connectivity index (χ1v) is 7.60. The van der Waals surface area contributed by atoms with Gasteiger partial charge in [0.1, 0.15) is 0 Å². The van der Waals surface area contributed by atoms with E-state index in [1.165, 1.54) is 16.9 Å². The molecule has 1 aliphatic rings. The second-order valence-electron chi connectivity index (χ2n) is 5.41. The summed E-state index contributed by atoms with van der Waals surface area (Å²) in [6.07, 6.45) is 1.13. The zero-order chi connectivity index (χ0) is 15.4. The second-order valence-corrected chi connectivity index (χ2v) is 5.41. The normalized spacial score (nSPS) is 13.8. The third kappa shape index (κ3) is 2.96. The molecule has 1 heterocycles. The van der Waals surface area contributed by atoms with Crippen molar-refractivity contribution in [1.82, 2.24) is 0 Å². The van der Waals surface area contributed by atoms with Crippen LogP contribution in [0.5, 0.6) is 11.5 Å². The molecule has 0 spiro atoms. The lowest BCUT2D eigenvalue weighted by Crippen LogP contribution is -2.23. The van der Waals surface area contributed by atoms with Gasteiger partial charge in [-0.3, -0.25) is 0 Å². The van der Waals surface area contributed by atoms with Gasteiger partial charge in [-0.15, -0.1) is 0 Å². The molecule has 0 aromatic heterocycles. The van der Waals surface area contributed by atoms with Gasteiger partial charge >= 0.3 is 0 Å². The first-order valence-electron chi connectivity index (χ1n) is 7.60. The third-order valence-corrected chi connectivity index (χ3v) is 3.99. The fourth-order valence-corrected chi connectivity index (χ4v) is 2.88. The van der Waals surface area contributed by atoms with Gasteiger partial charge in [0.15, 0.2) is 11.5 Å². The highest BCUT2D eigenvalue weighted by atomic mass is 16.5. The van der Waals surface area contributed by atoms with E-state index in [0.29, 0.717) is 0 Å². The molecule has 2 aromatic rings. The maximum Gasteiger partial charge on any atom is 0.161 e. The van der Waals surface area contributed by atoms with Crippen LogP contribution in [0.3, 0.4) is 0 Å². The van der Waals surface area contributed by atoms with Crippen molar-refractivity contribution in [3.8, 4) is 11.5 Å². The Morgan fingerprint density at radius 2 is 1.86 bits per heavy atom. The number of nitrogens with one attached hydrogen (secondary N) is 1. The Hall–Kier alpha value is -2.36. The van der Waals surface area contributed by atoms with Crippen molar-refractivity contribution in [2.45, 2.75) is 13.0 Å². The minimum Gasteiger partial charge on any atom is -0.493 e. The highest BCUT2D eigenvalue weighted by Crippen LogP contribution is 2.32. The van der Waals surface area contributed by atoms with Crippen LogP contribution in [-0.2, 0) is 6.54 Å². The molecule has 4 heteroatoms. The molecule has 4 nitrogen and oxygen atoms in total. The quantitative estimate of drug-likeness (QED) is 0.936. The van der Waals surface area contributed by atoms with E-state index >= 15 is 0 Å². The number of para-hydroxylation sites is 2. The van der Waals surface area contributed by atoms with E-state index in [1.807, 2.05) is 6.07 Å². The molecular weight excluding hydrogens is 276 g/mol. The number of methoxy groups -OCH3 is 2. The lowest BCUT2D eigenvalue weighted by Gasteiger charge is -2.25. The number of rotatable bonds is 4. The summed E-state index contributed by atoms with van der Waals surface area (Å²) in [4.78, 5) is 2.41. The Balaban J connectivity index is 1.86. The van der Waals surface area contributed by atoms with Crippen LogP contribution in [0.15, 0.2) is 42.5 Å². The SMILES string of the molecule is COc1ccc(CN2CCCNc3ccccc32)cc1OC. The van der Waals surface area contributed by atoms with E-state index in [9.17, 15) is 0 Å². The van der Waals surface area contributed by atoms with Crippen molar-refractivity contribution >= 4 is 11.4 Å². The van der Waals surface area contributed by atoms with Crippen LogP contribution in [-0.4, -0.2) is 27.3 Å². The predicted octanol–water partition coefficient (Wildman–Crippen LogP) is 3.53. The highest BCUT2D eigenvalue weighted by molar-refractivity contribution is 5.70. The maximum absolute atomic E-state index is 5.40. The topological polar surface area (TPSA) is 33.7 Å². The summed E-state index contributed by atoms with van der Waals surface area (Å²) in [5.41, 5.74) is 3.68. The molecular formula is C18H22N2O2. The van der Waals surface area contributed by atoms with Gasteiger partial charge in [-0.25, -0.2) is 0 Å². The largest absolute Gasteiger partial charge is 0.493 e. The van der Waals surface area contributed by atoms with Crippen molar-refractivity contribution < 1.29 is 9.47 Å². The summed E-state index contributed by atoms with van der Waals surface area (Å²) < 4.78 is 10.7. The Morgan fingerprint density at radius 3 is 2.68 bits per heavy atom. The fraction of sp³-hybridized carbons (Fsp3) is 0.333. The van der Waals surface area contributed by atoms with Crippen molar-refractivity contribution in [2.24, 2.45) is 0 Å². The summed E-state index contributed by atoms with van der Waals surface area (Å²) in [5, 5.41) is 3.50. The highest BCUT2D eigenvalue weighted by Gasteiger charge is 2.15. The Bertz CT molecular complexity index is 643. The van der Waals surface area contributed by atoms with Crippen LogP contribution in [0.25, 0.3) is 0 Å². The van der Waals surface area contributed by atoms with Crippen LogP contribution >= 0.6 is 0 Å². The lowest BCUT2D eigenvalue weighted by atomic mass is 10.1. The molecule has 0 saturated carbocycles. The van der Waals surface area contributed by atoms with E-state index in [4.69, 9.17) is 9.47 Å². The van der Waals surface area contributed by atoms with Gasteiger partial charge in [0.25, 0.3) is 0 Å². The van der Waals surface area contributed by atoms with E-state index in [0.717, 1.165) is 37.6 Å². The fourth-order valence-electron chi connectivity index (χ4n) is 2.88. The zero-order valence-electron chi connectivity index (χ0n) is 13.1. The summed E-state index contributed by atoms with van der Waals surface area (Å²) in [5.74, 6) is 1.55. The summed E-state index contributed by atoms with van der Waals surface area (Å²) in [6, 6.07) is 14.6. The number of nitrogens with zero attached hydrogens (tertiary/aromatic N) is 1. The number of benzene rings is 2. The van der Waals surface area contributed by atoms with Gasteiger partial charge in [0.2, 0.25) is 0 Å². The number of fused-ring (bicyclic) bond motifs is 1. The Labute approximate surface area is 131 Å². The first-order chi connectivity index (χ1) is 10.8. The molecule has 0 radical (unpaired) electrons. The molecule has 0 unspecified atom stereocenters. The van der Waals surface area contributed by atoms with Crippen LogP contribution in [0.4, 0.5) is 11.4 Å². The van der Waals surface area contributed by atoms with Gasteiger partial charge in [-0.2, -0.15) is 0 Å². The average Bonchev–Trinajstić information content (AvgIpc) is 2.77. The van der Waals surface area contributed by atoms with Crippen LogP contribution < -0.4 is 19.7 Å². The lowest BCUT2D eigenvalue weighted by molar-refractivity contribution is 0.354. The standard InChI is InChI=1S/C18H22N2O2/c1-21-17-9-8-14(12-18(17)22-2)13-20-11-5-10-19-15-6-3-4-7-16(15)20/h3-4,6-9,12,19H,5,10-11,13H2,1-2H3. The van der Waals surface area contributed by atoms with Gasteiger partial charge in [-0.1, -0.05) is 18.2 Å². The van der Waals surface area contributed by atoms with Gasteiger partial charge in [-0.05, 0) is 36.2 Å². The van der Waals surface area contributed by atoms with Gasteiger partial charge < -0.3 is 19.7 Å². The van der Waals surface area contributed by atoms with Gasteiger partial charge in [0.05, 0.1) is 25.6 Å². The van der Waals surface area contributed by atoms with Gasteiger partial charge in [0, 0.05) is 19.6 Å². The molecule has 0 bridgehead atoms. The summed E-state index contributed by atoms with van der Waals surface area (Å²) in [7, 11) is 3.33. The molecule has 0 atom stereocenters. The average molecular weight is 298 g/mol. The van der Waals surface area contributed by atoms with Crippen LogP contribution in [0.1, 0.15) is 12.0 Å². The molecule has 0 aliphatic carbocycles. The van der Waals surface area contributed by atoms with E-state index in [1.54, 1.807) is 14.2 Å². The minimum atomic E-state index is 0.768. The van der Waals surface area contributed by atoms with E-state index in [-0.39, 0.29) is 0 Å². The second kappa shape index (κ2) is 6.60. The number of hydrogen-bond acceptors (Lipinski definition) is 4. The van der Waals surface area contributed by atoms with E-state index < -0.39 is 0 Å². The Kier molecular flexibility index (Phi) is 4.37. The number of anilines is 2. The van der Waals surface area contributed by atoms with Crippen LogP contribution in [0, 0.1) is 0 Å². The third-order valence-electron chi connectivity index (χ3n) is 3.99. The molecule has 2 aromatic carbocycles. The smallest absolute Gasteiger partial charge is 0.161 e. The van der Waals surface area contributed by atoms with Crippen molar-refractivity contribution in [3.05, 3.63) is 48.0 Å². The molecule has 22 heavy (non-hydrogen) atoms. The molecule has 0 saturated heterocycles. The maximum atomic E-state index is 5.40. The summed E-state index contributed by atoms with van der Waals surface area (Å²) in [6.45, 7) is 2.91. The molecule has 3 rings (SSSR count). The first kappa shape index (κ1) is 14.6. The monoisotopic (exact) mass is 298 g/mol.